The molecule has 1 N–H and O–H groups in total. The minimum atomic E-state index is -5.82. The van der Waals surface area contributed by atoms with Crippen molar-refractivity contribution in [3.63, 3.8) is 0 Å². The smallest absolute Gasteiger partial charge is 0.456 e. The molecule has 0 aliphatic carbocycles. The van der Waals surface area contributed by atoms with Crippen molar-refractivity contribution >= 4 is 21.4 Å². The number of amides is 1. The van der Waals surface area contributed by atoms with E-state index in [9.17, 15) is 35.2 Å². The summed E-state index contributed by atoms with van der Waals surface area (Å²) in [5.41, 5.74) is 1.64. The van der Waals surface area contributed by atoms with Gasteiger partial charge in [-0.1, -0.05) is 20.8 Å². The quantitative estimate of drug-likeness (QED) is 0.297. The Kier molecular flexibility index (Phi) is 7.97. The molecule has 0 radical (unpaired) electrons. The van der Waals surface area contributed by atoms with Crippen LogP contribution in [0, 0.1) is 5.92 Å². The van der Waals surface area contributed by atoms with E-state index in [2.05, 4.69) is 30.3 Å². The van der Waals surface area contributed by atoms with Gasteiger partial charge in [-0.15, -0.1) is 0 Å². The molecule has 0 unspecified atom stereocenters. The molecule has 11 nitrogen and oxygen atoms in total. The van der Waals surface area contributed by atoms with Gasteiger partial charge in [0.1, 0.15) is 5.69 Å². The van der Waals surface area contributed by atoms with Gasteiger partial charge >= 0.3 is 12.1 Å². The van der Waals surface area contributed by atoms with Gasteiger partial charge in [-0.05, 0) is 12.0 Å². The molecule has 202 valence electrons. The van der Waals surface area contributed by atoms with Gasteiger partial charge < -0.3 is 4.74 Å². The van der Waals surface area contributed by atoms with Gasteiger partial charge in [0, 0.05) is 6.20 Å². The SMILES string of the molecule is CCS(=O)(=O)c1nn2c(C(=O)NOCC(C)C)ccnc2c1-c1cnc(OCC(F)(F)C(F)(F)F)cn1. The van der Waals surface area contributed by atoms with E-state index in [1.165, 1.54) is 19.2 Å². The molecule has 3 aromatic heterocycles. The van der Waals surface area contributed by atoms with E-state index in [4.69, 9.17) is 4.84 Å². The van der Waals surface area contributed by atoms with Crippen LogP contribution in [0.15, 0.2) is 29.7 Å². The van der Waals surface area contributed by atoms with Crippen molar-refractivity contribution in [2.45, 2.75) is 37.9 Å². The third-order valence-corrected chi connectivity index (χ3v) is 6.31. The number of aromatic nitrogens is 5. The van der Waals surface area contributed by atoms with Gasteiger partial charge in [-0.25, -0.2) is 33.4 Å². The number of sulfone groups is 1. The third kappa shape index (κ3) is 6.10. The van der Waals surface area contributed by atoms with E-state index in [1.807, 2.05) is 13.8 Å². The number of nitrogens with zero attached hydrogens (tertiary/aromatic N) is 5. The summed E-state index contributed by atoms with van der Waals surface area (Å²) in [6, 6.07) is 1.27. The minimum absolute atomic E-state index is 0.112. The number of hydrogen-bond acceptors (Lipinski definition) is 9. The Morgan fingerprint density at radius 2 is 1.84 bits per heavy atom. The van der Waals surface area contributed by atoms with Crippen molar-refractivity contribution in [2.75, 3.05) is 19.0 Å². The molecule has 1 amide bonds. The Hall–Kier alpha value is -3.47. The Balaban J connectivity index is 2.02. The third-order valence-electron chi connectivity index (χ3n) is 4.68. The second-order valence-electron chi connectivity index (χ2n) is 8.02. The zero-order valence-corrected chi connectivity index (χ0v) is 20.4. The molecule has 0 fully saturated rings. The largest absolute Gasteiger partial charge is 0.470 e. The Morgan fingerprint density at radius 3 is 2.41 bits per heavy atom. The van der Waals surface area contributed by atoms with Crippen LogP contribution in [0.2, 0.25) is 0 Å². The molecule has 0 aliphatic heterocycles. The summed E-state index contributed by atoms with van der Waals surface area (Å²) in [5, 5.41) is 3.54. The van der Waals surface area contributed by atoms with Gasteiger partial charge in [0.25, 0.3) is 5.91 Å². The molecule has 3 heterocycles. The molecular weight excluding hydrogens is 531 g/mol. The zero-order chi connectivity index (χ0) is 27.6. The molecule has 3 rings (SSSR count). The molecule has 0 atom stereocenters. The van der Waals surface area contributed by atoms with Crippen LogP contribution < -0.4 is 10.2 Å². The first-order chi connectivity index (χ1) is 17.2. The molecule has 0 saturated heterocycles. The highest BCUT2D eigenvalue weighted by molar-refractivity contribution is 7.91. The lowest BCUT2D eigenvalue weighted by Crippen LogP contribution is -2.41. The predicted octanol–water partition coefficient (Wildman–Crippen LogP) is 2.87. The van der Waals surface area contributed by atoms with Crippen LogP contribution in [0.3, 0.4) is 0 Å². The first kappa shape index (κ1) is 28.1. The summed E-state index contributed by atoms with van der Waals surface area (Å²) in [5.74, 6) is -6.81. The number of hydroxylamine groups is 1. The first-order valence-corrected chi connectivity index (χ1v) is 12.3. The summed E-state index contributed by atoms with van der Waals surface area (Å²) in [7, 11) is -4.02. The summed E-state index contributed by atoms with van der Waals surface area (Å²) in [6.07, 6.45) is -2.97. The predicted molar refractivity (Wildman–Crippen MR) is 116 cm³/mol. The average molecular weight is 552 g/mol. The number of hydrogen-bond donors (Lipinski definition) is 1. The Morgan fingerprint density at radius 1 is 1.14 bits per heavy atom. The summed E-state index contributed by atoms with van der Waals surface area (Å²) >= 11 is 0. The molecule has 3 aromatic rings. The molecule has 0 aromatic carbocycles. The number of carbonyl (C=O) groups is 1. The van der Waals surface area contributed by atoms with Gasteiger partial charge in [-0.3, -0.25) is 9.63 Å². The van der Waals surface area contributed by atoms with Gasteiger partial charge in [0.05, 0.1) is 36.0 Å². The molecule has 0 bridgehead atoms. The highest BCUT2D eigenvalue weighted by atomic mass is 32.2. The van der Waals surface area contributed by atoms with Crippen LogP contribution in [0.5, 0.6) is 5.88 Å². The lowest BCUT2D eigenvalue weighted by Gasteiger charge is -2.19. The van der Waals surface area contributed by atoms with Crippen molar-refractivity contribution in [2.24, 2.45) is 5.92 Å². The monoisotopic (exact) mass is 552 g/mol. The van der Waals surface area contributed by atoms with E-state index in [-0.39, 0.29) is 40.9 Å². The topological polar surface area (TPSA) is 138 Å². The van der Waals surface area contributed by atoms with Gasteiger partial charge in [-0.2, -0.15) is 27.1 Å². The molecular formula is C20H21F5N6O5S. The maximum Gasteiger partial charge on any atom is 0.456 e. The fraction of sp³-hybridized carbons (Fsp3) is 0.450. The van der Waals surface area contributed by atoms with Crippen molar-refractivity contribution in [3.8, 4) is 17.1 Å². The fourth-order valence-corrected chi connectivity index (χ4v) is 3.76. The lowest BCUT2D eigenvalue weighted by molar-refractivity contribution is -0.290. The Bertz CT molecular complexity index is 1380. The maximum atomic E-state index is 13.1. The van der Waals surface area contributed by atoms with Crippen LogP contribution >= 0.6 is 0 Å². The molecule has 0 spiro atoms. The number of rotatable bonds is 10. The highest BCUT2D eigenvalue weighted by Crippen LogP contribution is 2.36. The Labute approximate surface area is 206 Å². The summed E-state index contributed by atoms with van der Waals surface area (Å²) < 4.78 is 94.2. The maximum absolute atomic E-state index is 13.1. The second-order valence-corrected chi connectivity index (χ2v) is 10.2. The number of ether oxygens (including phenoxy) is 1. The standard InChI is InChI=1S/C20H21F5N6O5S/c1-4-37(33,34)18-15(12-7-28-14(8-27-12)35-10-19(21,22)20(23,24)25)16-26-6-5-13(31(16)29-18)17(32)30-36-9-11(2)3/h5-8,11H,4,9-10H2,1-3H3,(H,30,32). The van der Waals surface area contributed by atoms with Crippen LogP contribution in [-0.2, 0) is 14.7 Å². The fourth-order valence-electron chi connectivity index (χ4n) is 2.77. The van der Waals surface area contributed by atoms with Gasteiger partial charge in [0.2, 0.25) is 5.88 Å². The van der Waals surface area contributed by atoms with Crippen molar-refractivity contribution in [1.29, 1.82) is 0 Å². The number of fused-ring (bicyclic) bond motifs is 1. The van der Waals surface area contributed by atoms with Crippen LogP contribution in [0.25, 0.3) is 16.9 Å². The normalized spacial score (nSPS) is 12.8. The number of nitrogens with one attached hydrogen (secondary N) is 1. The van der Waals surface area contributed by atoms with Crippen LogP contribution in [0.1, 0.15) is 31.3 Å². The summed E-state index contributed by atoms with van der Waals surface area (Å²) in [6.45, 7) is 3.25. The summed E-state index contributed by atoms with van der Waals surface area (Å²) in [4.78, 5) is 29.4. The number of alkyl halides is 5. The van der Waals surface area contributed by atoms with Gasteiger partial charge in [0.15, 0.2) is 27.1 Å². The van der Waals surface area contributed by atoms with Crippen molar-refractivity contribution < 1.29 is 44.7 Å². The van der Waals surface area contributed by atoms with E-state index >= 15 is 0 Å². The van der Waals surface area contributed by atoms with Crippen molar-refractivity contribution in [1.82, 2.24) is 30.0 Å². The molecule has 17 heteroatoms. The van der Waals surface area contributed by atoms with Crippen LogP contribution in [-0.4, -0.2) is 70.0 Å². The highest BCUT2D eigenvalue weighted by Gasteiger charge is 2.58. The zero-order valence-electron chi connectivity index (χ0n) is 19.6. The average Bonchev–Trinajstić information content (AvgIpc) is 3.23. The van der Waals surface area contributed by atoms with Crippen molar-refractivity contribution in [3.05, 3.63) is 30.4 Å². The first-order valence-electron chi connectivity index (χ1n) is 10.6. The van der Waals surface area contributed by atoms with E-state index < -0.39 is 45.4 Å². The number of carbonyl (C=O) groups excluding carboxylic acids is 1. The molecule has 37 heavy (non-hydrogen) atoms. The van der Waals surface area contributed by atoms with E-state index in [0.29, 0.717) is 0 Å². The number of halogens is 5. The van der Waals surface area contributed by atoms with Crippen LogP contribution in [0.4, 0.5) is 22.0 Å². The second kappa shape index (κ2) is 10.5. The lowest BCUT2D eigenvalue weighted by atomic mass is 10.2. The van der Waals surface area contributed by atoms with E-state index in [0.717, 1.165) is 16.9 Å². The van der Waals surface area contributed by atoms with E-state index in [1.54, 1.807) is 0 Å². The molecule has 0 saturated carbocycles. The molecule has 0 aliphatic rings. The minimum Gasteiger partial charge on any atom is -0.470 e.